The summed E-state index contributed by atoms with van der Waals surface area (Å²) in [5.41, 5.74) is 0.444. The van der Waals surface area contributed by atoms with Gasteiger partial charge in [-0.15, -0.1) is 0 Å². The molecule has 3 aromatic rings. The van der Waals surface area contributed by atoms with Crippen LogP contribution in [-0.4, -0.2) is 44.2 Å². The number of hydrogen-bond acceptors (Lipinski definition) is 8. The van der Waals surface area contributed by atoms with Gasteiger partial charge >= 0.3 is 6.18 Å². The Morgan fingerprint density at radius 2 is 1.83 bits per heavy atom. The standard InChI is InChI=1S/C18H16F3N7O/c1-10-3-2-4-13(23-10)15-26-16(28-17(27-15)25-12-8-29-9-12)24-11-5-6-22-14(7-11)18(19,20)21/h2-7,12H,8-9H2,1H3,(H2,22,24,25,26,27,28). The van der Waals surface area contributed by atoms with Crippen LogP contribution < -0.4 is 10.6 Å². The zero-order chi connectivity index (χ0) is 20.4. The number of anilines is 3. The normalized spacial score (nSPS) is 14.3. The summed E-state index contributed by atoms with van der Waals surface area (Å²) in [6, 6.07) is 7.75. The number of ether oxygens (including phenoxy) is 1. The topological polar surface area (TPSA) is 97.7 Å². The highest BCUT2D eigenvalue weighted by Gasteiger charge is 2.32. The van der Waals surface area contributed by atoms with Crippen LogP contribution in [0.15, 0.2) is 36.5 Å². The molecular formula is C18H16F3N7O. The molecule has 4 heterocycles. The Morgan fingerprint density at radius 3 is 2.52 bits per heavy atom. The molecule has 1 saturated heterocycles. The second-order valence-electron chi connectivity index (χ2n) is 6.40. The molecule has 150 valence electrons. The molecule has 11 heteroatoms. The molecule has 0 aromatic carbocycles. The molecule has 0 bridgehead atoms. The monoisotopic (exact) mass is 403 g/mol. The van der Waals surface area contributed by atoms with E-state index in [1.165, 1.54) is 6.07 Å². The molecule has 0 amide bonds. The van der Waals surface area contributed by atoms with Crippen molar-refractivity contribution in [3.8, 4) is 11.5 Å². The van der Waals surface area contributed by atoms with Crippen molar-refractivity contribution in [2.75, 3.05) is 23.8 Å². The van der Waals surface area contributed by atoms with Crippen LogP contribution in [-0.2, 0) is 10.9 Å². The summed E-state index contributed by atoms with van der Waals surface area (Å²) < 4.78 is 43.9. The van der Waals surface area contributed by atoms with E-state index in [2.05, 4.69) is 35.6 Å². The number of alkyl halides is 3. The molecule has 0 aliphatic carbocycles. The molecule has 0 atom stereocenters. The fourth-order valence-electron chi connectivity index (χ4n) is 2.57. The number of aryl methyl sites for hydroxylation is 1. The molecule has 0 unspecified atom stereocenters. The SMILES string of the molecule is Cc1cccc(-c2nc(Nc3ccnc(C(F)(F)F)c3)nc(NC3COC3)n2)n1. The van der Waals surface area contributed by atoms with E-state index >= 15 is 0 Å². The van der Waals surface area contributed by atoms with Crippen molar-refractivity contribution < 1.29 is 17.9 Å². The average molecular weight is 403 g/mol. The van der Waals surface area contributed by atoms with Crippen LogP contribution in [0.3, 0.4) is 0 Å². The maximum Gasteiger partial charge on any atom is 0.433 e. The third-order valence-corrected chi connectivity index (χ3v) is 4.03. The van der Waals surface area contributed by atoms with Crippen LogP contribution in [0.1, 0.15) is 11.4 Å². The highest BCUT2D eigenvalue weighted by Crippen LogP contribution is 2.29. The number of hydrogen-bond donors (Lipinski definition) is 2. The van der Waals surface area contributed by atoms with Gasteiger partial charge in [-0.3, -0.25) is 4.98 Å². The van der Waals surface area contributed by atoms with Crippen LogP contribution in [0.25, 0.3) is 11.5 Å². The van der Waals surface area contributed by atoms with Crippen LogP contribution in [0.2, 0.25) is 0 Å². The fraction of sp³-hybridized carbons (Fsp3) is 0.278. The van der Waals surface area contributed by atoms with Gasteiger partial charge in [0.25, 0.3) is 0 Å². The number of pyridine rings is 2. The van der Waals surface area contributed by atoms with Crippen LogP contribution in [0.4, 0.5) is 30.8 Å². The van der Waals surface area contributed by atoms with Gasteiger partial charge in [-0.05, 0) is 31.2 Å². The Hall–Kier alpha value is -3.34. The number of halogens is 3. The smallest absolute Gasteiger partial charge is 0.377 e. The first kappa shape index (κ1) is 19.0. The Bertz CT molecular complexity index is 1020. The van der Waals surface area contributed by atoms with E-state index in [4.69, 9.17) is 4.74 Å². The first-order valence-electron chi connectivity index (χ1n) is 8.71. The summed E-state index contributed by atoms with van der Waals surface area (Å²) in [7, 11) is 0. The summed E-state index contributed by atoms with van der Waals surface area (Å²) >= 11 is 0. The summed E-state index contributed by atoms with van der Waals surface area (Å²) in [6.07, 6.45) is -3.48. The van der Waals surface area contributed by atoms with E-state index in [0.29, 0.717) is 24.7 Å². The van der Waals surface area contributed by atoms with Gasteiger partial charge in [0.2, 0.25) is 11.9 Å². The molecule has 0 saturated carbocycles. The lowest BCUT2D eigenvalue weighted by Gasteiger charge is -2.26. The molecule has 0 radical (unpaired) electrons. The number of rotatable bonds is 5. The van der Waals surface area contributed by atoms with Crippen molar-refractivity contribution in [1.29, 1.82) is 0 Å². The zero-order valence-electron chi connectivity index (χ0n) is 15.2. The maximum atomic E-state index is 12.9. The molecule has 2 N–H and O–H groups in total. The third kappa shape index (κ3) is 4.57. The highest BCUT2D eigenvalue weighted by molar-refractivity contribution is 5.59. The minimum absolute atomic E-state index is 0.0568. The molecule has 29 heavy (non-hydrogen) atoms. The van der Waals surface area contributed by atoms with E-state index in [0.717, 1.165) is 18.0 Å². The molecule has 1 aliphatic rings. The second-order valence-corrected chi connectivity index (χ2v) is 6.40. The first-order valence-corrected chi connectivity index (χ1v) is 8.71. The summed E-state index contributed by atoms with van der Waals surface area (Å²) in [5.74, 6) is 0.652. The number of nitrogens with zero attached hydrogens (tertiary/aromatic N) is 5. The van der Waals surface area contributed by atoms with Crippen molar-refractivity contribution in [2.45, 2.75) is 19.1 Å². The molecule has 3 aromatic heterocycles. The molecule has 8 nitrogen and oxygen atoms in total. The summed E-state index contributed by atoms with van der Waals surface area (Å²) in [4.78, 5) is 20.7. The van der Waals surface area contributed by atoms with Crippen molar-refractivity contribution >= 4 is 17.6 Å². The van der Waals surface area contributed by atoms with Gasteiger partial charge in [0.05, 0.1) is 19.3 Å². The Kier molecular flexibility index (Phi) is 4.97. The minimum atomic E-state index is -4.55. The quantitative estimate of drug-likeness (QED) is 0.670. The third-order valence-electron chi connectivity index (χ3n) is 4.03. The van der Waals surface area contributed by atoms with Gasteiger partial charge in [-0.25, -0.2) is 4.98 Å². The molecular weight excluding hydrogens is 387 g/mol. The fourth-order valence-corrected chi connectivity index (χ4v) is 2.57. The maximum absolute atomic E-state index is 12.9. The van der Waals surface area contributed by atoms with E-state index < -0.39 is 11.9 Å². The van der Waals surface area contributed by atoms with Gasteiger partial charge in [-0.2, -0.15) is 28.1 Å². The van der Waals surface area contributed by atoms with Gasteiger partial charge in [0.15, 0.2) is 5.82 Å². The highest BCUT2D eigenvalue weighted by atomic mass is 19.4. The van der Waals surface area contributed by atoms with Crippen LogP contribution in [0, 0.1) is 6.92 Å². The molecule has 1 fully saturated rings. The van der Waals surface area contributed by atoms with E-state index in [1.54, 1.807) is 6.07 Å². The Labute approximate surface area is 163 Å². The molecule has 4 rings (SSSR count). The van der Waals surface area contributed by atoms with Crippen molar-refractivity contribution in [3.05, 3.63) is 47.9 Å². The Morgan fingerprint density at radius 1 is 1.03 bits per heavy atom. The lowest BCUT2D eigenvalue weighted by molar-refractivity contribution is -0.141. The van der Waals surface area contributed by atoms with E-state index in [1.807, 2.05) is 19.1 Å². The zero-order valence-corrected chi connectivity index (χ0v) is 15.2. The van der Waals surface area contributed by atoms with Crippen molar-refractivity contribution in [3.63, 3.8) is 0 Å². The summed E-state index contributed by atoms with van der Waals surface area (Å²) in [6.45, 7) is 2.88. The van der Waals surface area contributed by atoms with Gasteiger partial charge in [0.1, 0.15) is 11.4 Å². The lowest BCUT2D eigenvalue weighted by Crippen LogP contribution is -2.40. The first-order chi connectivity index (χ1) is 13.9. The van der Waals surface area contributed by atoms with Crippen molar-refractivity contribution in [1.82, 2.24) is 24.9 Å². The molecule has 1 aliphatic heterocycles. The van der Waals surface area contributed by atoms with E-state index in [9.17, 15) is 13.2 Å². The number of aromatic nitrogens is 5. The van der Waals surface area contributed by atoms with Gasteiger partial charge in [0, 0.05) is 17.6 Å². The molecule has 0 spiro atoms. The number of nitrogens with one attached hydrogen (secondary N) is 2. The van der Waals surface area contributed by atoms with E-state index in [-0.39, 0.29) is 23.6 Å². The summed E-state index contributed by atoms with van der Waals surface area (Å²) in [5, 5.41) is 5.91. The van der Waals surface area contributed by atoms with Gasteiger partial charge < -0.3 is 15.4 Å². The van der Waals surface area contributed by atoms with Crippen LogP contribution in [0.5, 0.6) is 0 Å². The average Bonchev–Trinajstić information content (AvgIpc) is 2.64. The Balaban J connectivity index is 1.68. The second kappa shape index (κ2) is 7.59. The predicted octanol–water partition coefficient (Wildman–Crippen LogP) is 3.21. The largest absolute Gasteiger partial charge is 0.433 e. The van der Waals surface area contributed by atoms with Gasteiger partial charge in [-0.1, -0.05) is 6.07 Å². The van der Waals surface area contributed by atoms with Crippen LogP contribution >= 0.6 is 0 Å². The predicted molar refractivity (Wildman–Crippen MR) is 98.5 cm³/mol. The lowest BCUT2D eigenvalue weighted by atomic mass is 10.3. The van der Waals surface area contributed by atoms with Crippen molar-refractivity contribution in [2.24, 2.45) is 0 Å². The minimum Gasteiger partial charge on any atom is -0.377 e.